The van der Waals surface area contributed by atoms with Crippen molar-refractivity contribution in [1.29, 1.82) is 0 Å². The van der Waals surface area contributed by atoms with Gasteiger partial charge in [0.2, 0.25) is 0 Å². The molecule has 2 heterocycles. The van der Waals surface area contributed by atoms with Gasteiger partial charge in [0.1, 0.15) is 15.8 Å². The lowest BCUT2D eigenvalue weighted by atomic mass is 9.92. The van der Waals surface area contributed by atoms with Gasteiger partial charge >= 0.3 is 6.03 Å². The lowest BCUT2D eigenvalue weighted by Gasteiger charge is -2.22. The van der Waals surface area contributed by atoms with E-state index in [1.54, 1.807) is 37.3 Å². The number of hydrogen-bond donors (Lipinski definition) is 2. The minimum absolute atomic E-state index is 0.0176. The molecule has 0 saturated carbocycles. The van der Waals surface area contributed by atoms with Gasteiger partial charge in [-0.3, -0.25) is 15.0 Å². The lowest BCUT2D eigenvalue weighted by Crippen LogP contribution is -2.47. The summed E-state index contributed by atoms with van der Waals surface area (Å²) in [4.78, 5) is 40.9. The highest BCUT2D eigenvalue weighted by atomic mass is 35.5. The van der Waals surface area contributed by atoms with Crippen LogP contribution in [-0.2, 0) is 10.3 Å². The van der Waals surface area contributed by atoms with Crippen LogP contribution in [0.5, 0.6) is 0 Å². The maximum Gasteiger partial charge on any atom is 0.344 e. The molecule has 0 bridgehead atoms. The van der Waals surface area contributed by atoms with E-state index in [0.717, 1.165) is 0 Å². The molecule has 0 aliphatic carbocycles. The van der Waals surface area contributed by atoms with E-state index in [0.29, 0.717) is 10.6 Å². The van der Waals surface area contributed by atoms with E-state index in [2.05, 4.69) is 15.7 Å². The summed E-state index contributed by atoms with van der Waals surface area (Å²) in [5.41, 5.74) is 1.65. The summed E-state index contributed by atoms with van der Waals surface area (Å²) in [6.45, 7) is 1.56. The van der Waals surface area contributed by atoms with Gasteiger partial charge < -0.3 is 5.32 Å². The Kier molecular flexibility index (Phi) is 4.36. The number of nitrogens with zero attached hydrogens (tertiary/aromatic N) is 2. The lowest BCUT2D eigenvalue weighted by molar-refractivity contribution is -0.132. The topological polar surface area (TPSA) is 91.4 Å². The van der Waals surface area contributed by atoms with Gasteiger partial charge in [-0.1, -0.05) is 53.5 Å². The number of rotatable bonds is 3. The van der Waals surface area contributed by atoms with Crippen molar-refractivity contribution >= 4 is 41.0 Å². The van der Waals surface area contributed by atoms with Crippen LogP contribution < -0.4 is 10.7 Å². The second kappa shape index (κ2) is 6.34. The first-order valence-corrected chi connectivity index (χ1v) is 7.93. The molecular formula is C16H12Cl2N4O3. The summed E-state index contributed by atoms with van der Waals surface area (Å²) in [6, 6.07) is 10.5. The average Bonchev–Trinajstić information content (AvgIpc) is 2.79. The van der Waals surface area contributed by atoms with Crippen LogP contribution in [0.15, 0.2) is 42.5 Å². The molecule has 1 fully saturated rings. The summed E-state index contributed by atoms with van der Waals surface area (Å²) in [6.07, 6.45) is 0. The third-order valence-electron chi connectivity index (χ3n) is 3.78. The average molecular weight is 379 g/mol. The number of nitrogens with one attached hydrogen (secondary N) is 2. The van der Waals surface area contributed by atoms with Gasteiger partial charge in [0, 0.05) is 5.56 Å². The number of hydrogen-bond acceptors (Lipinski definition) is 4. The van der Waals surface area contributed by atoms with E-state index in [4.69, 9.17) is 23.2 Å². The minimum Gasteiger partial charge on any atom is -0.318 e. The number of pyridine rings is 1. The smallest absolute Gasteiger partial charge is 0.318 e. The van der Waals surface area contributed by atoms with Crippen molar-refractivity contribution < 1.29 is 14.4 Å². The highest BCUT2D eigenvalue weighted by Gasteiger charge is 2.50. The third kappa shape index (κ3) is 3.16. The van der Waals surface area contributed by atoms with Gasteiger partial charge in [0.15, 0.2) is 0 Å². The van der Waals surface area contributed by atoms with E-state index in [1.165, 1.54) is 12.1 Å². The van der Waals surface area contributed by atoms with Crippen LogP contribution in [-0.4, -0.2) is 27.8 Å². The summed E-state index contributed by atoms with van der Waals surface area (Å²) < 4.78 is 0. The van der Waals surface area contributed by atoms with Gasteiger partial charge in [-0.25, -0.2) is 9.78 Å². The predicted octanol–water partition coefficient (Wildman–Crippen LogP) is 2.50. The normalized spacial score (nSPS) is 19.7. The summed E-state index contributed by atoms with van der Waals surface area (Å²) in [7, 11) is 0. The van der Waals surface area contributed by atoms with Crippen molar-refractivity contribution in [2.45, 2.75) is 12.5 Å². The first-order valence-electron chi connectivity index (χ1n) is 7.17. The van der Waals surface area contributed by atoms with E-state index in [-0.39, 0.29) is 15.9 Å². The van der Waals surface area contributed by atoms with E-state index >= 15 is 0 Å². The van der Waals surface area contributed by atoms with Gasteiger partial charge in [0.25, 0.3) is 11.8 Å². The Labute approximate surface area is 152 Å². The summed E-state index contributed by atoms with van der Waals surface area (Å²) in [5, 5.41) is 3.26. The first-order chi connectivity index (χ1) is 11.8. The highest BCUT2D eigenvalue weighted by Crippen LogP contribution is 2.27. The van der Waals surface area contributed by atoms with Gasteiger partial charge in [-0.15, -0.1) is 0 Å². The molecule has 1 aliphatic heterocycles. The summed E-state index contributed by atoms with van der Waals surface area (Å²) in [5.74, 6) is -1.32. The minimum atomic E-state index is -1.28. The van der Waals surface area contributed by atoms with Crippen molar-refractivity contribution in [2.24, 2.45) is 0 Å². The zero-order valence-electron chi connectivity index (χ0n) is 12.9. The number of hydrazine groups is 1. The van der Waals surface area contributed by atoms with E-state index in [1.807, 2.05) is 0 Å². The number of carbonyl (C=O) groups is 3. The number of urea groups is 1. The van der Waals surface area contributed by atoms with Crippen LogP contribution in [0.1, 0.15) is 22.8 Å². The Morgan fingerprint density at radius 2 is 1.76 bits per heavy atom. The standard InChI is InChI=1S/C16H12Cl2N4O3/c1-16(10-5-3-2-4-6-10)14(24)22(15(25)20-16)21-13(23)9-7-11(17)19-12(18)8-9/h2-8H,1H3,(H,20,25)(H,21,23). The highest BCUT2D eigenvalue weighted by molar-refractivity contribution is 6.33. The van der Waals surface area contributed by atoms with Crippen LogP contribution in [0.25, 0.3) is 0 Å². The van der Waals surface area contributed by atoms with Gasteiger partial charge in [-0.2, -0.15) is 5.01 Å². The molecule has 2 aromatic rings. The molecule has 1 unspecified atom stereocenters. The Bertz CT molecular complexity index is 855. The molecule has 1 aromatic heterocycles. The maximum absolute atomic E-state index is 12.7. The fraction of sp³-hybridized carbons (Fsp3) is 0.125. The van der Waals surface area contributed by atoms with Crippen molar-refractivity contribution in [3.63, 3.8) is 0 Å². The molecule has 25 heavy (non-hydrogen) atoms. The number of benzene rings is 1. The molecule has 3 rings (SSSR count). The number of amides is 4. The Morgan fingerprint density at radius 1 is 1.16 bits per heavy atom. The van der Waals surface area contributed by atoms with Crippen molar-refractivity contribution in [3.8, 4) is 0 Å². The molecular weight excluding hydrogens is 367 g/mol. The fourth-order valence-electron chi connectivity index (χ4n) is 2.47. The quantitative estimate of drug-likeness (QED) is 0.633. The second-order valence-corrected chi connectivity index (χ2v) is 6.28. The molecule has 7 nitrogen and oxygen atoms in total. The predicted molar refractivity (Wildman–Crippen MR) is 90.9 cm³/mol. The Hall–Kier alpha value is -2.64. The monoisotopic (exact) mass is 378 g/mol. The third-order valence-corrected chi connectivity index (χ3v) is 4.17. The Morgan fingerprint density at radius 3 is 2.36 bits per heavy atom. The first kappa shape index (κ1) is 17.2. The molecule has 128 valence electrons. The van der Waals surface area contributed by atoms with Crippen LogP contribution in [0.3, 0.4) is 0 Å². The van der Waals surface area contributed by atoms with Crippen LogP contribution >= 0.6 is 23.2 Å². The van der Waals surface area contributed by atoms with Crippen molar-refractivity contribution in [2.75, 3.05) is 0 Å². The molecule has 1 atom stereocenters. The molecule has 2 N–H and O–H groups in total. The molecule has 0 spiro atoms. The molecule has 9 heteroatoms. The number of carbonyl (C=O) groups excluding carboxylic acids is 3. The maximum atomic E-state index is 12.7. The van der Waals surface area contributed by atoms with E-state index < -0.39 is 23.4 Å². The van der Waals surface area contributed by atoms with Crippen molar-refractivity contribution in [1.82, 2.24) is 20.7 Å². The zero-order chi connectivity index (χ0) is 18.2. The Balaban J connectivity index is 1.85. The number of aromatic nitrogens is 1. The van der Waals surface area contributed by atoms with Crippen LogP contribution in [0, 0.1) is 0 Å². The molecule has 1 aromatic carbocycles. The SMILES string of the molecule is CC1(c2ccccc2)NC(=O)N(NC(=O)c2cc(Cl)nc(Cl)c2)C1=O. The fourth-order valence-corrected chi connectivity index (χ4v) is 2.93. The second-order valence-electron chi connectivity index (χ2n) is 5.50. The zero-order valence-corrected chi connectivity index (χ0v) is 14.4. The van der Waals surface area contributed by atoms with Crippen LogP contribution in [0.2, 0.25) is 10.3 Å². The van der Waals surface area contributed by atoms with Gasteiger partial charge in [0.05, 0.1) is 0 Å². The summed E-state index contributed by atoms with van der Waals surface area (Å²) >= 11 is 11.5. The largest absolute Gasteiger partial charge is 0.344 e. The molecule has 1 aliphatic rings. The van der Waals surface area contributed by atoms with Crippen LogP contribution in [0.4, 0.5) is 4.79 Å². The van der Waals surface area contributed by atoms with E-state index in [9.17, 15) is 14.4 Å². The molecule has 4 amide bonds. The molecule has 1 saturated heterocycles. The number of imide groups is 1. The van der Waals surface area contributed by atoms with Gasteiger partial charge in [-0.05, 0) is 24.6 Å². The number of halogens is 2. The van der Waals surface area contributed by atoms with Crippen molar-refractivity contribution in [3.05, 3.63) is 63.9 Å². The molecule has 0 radical (unpaired) electrons.